The van der Waals surface area contributed by atoms with Crippen LogP contribution in [-0.2, 0) is 6.42 Å². The van der Waals surface area contributed by atoms with E-state index in [1.54, 1.807) is 12.1 Å². The zero-order valence-corrected chi connectivity index (χ0v) is 12.6. The minimum absolute atomic E-state index is 0.0569. The summed E-state index contributed by atoms with van der Waals surface area (Å²) in [5, 5.41) is 0. The van der Waals surface area contributed by atoms with Gasteiger partial charge in [-0.3, -0.25) is 0 Å². The average Bonchev–Trinajstić information content (AvgIpc) is 2.60. The third-order valence-corrected chi connectivity index (χ3v) is 3.90. The molecular weight excluding hydrogens is 297 g/mol. The number of hydrogen-bond donors (Lipinski definition) is 0. The standard InChI is InChI=1S/C20H15F3/c1-2-13-6-5-7-14(12-13)15-8-3-4-9-16(15)17-10-11-18(21)20(23)19(17)22/h3-12H,2H2,1H3. The first-order valence-electron chi connectivity index (χ1n) is 7.44. The summed E-state index contributed by atoms with van der Waals surface area (Å²) < 4.78 is 40.9. The van der Waals surface area contributed by atoms with Crippen LogP contribution in [0.5, 0.6) is 0 Å². The first kappa shape index (κ1) is 15.3. The monoisotopic (exact) mass is 312 g/mol. The van der Waals surface area contributed by atoms with E-state index in [9.17, 15) is 13.2 Å². The topological polar surface area (TPSA) is 0 Å². The second-order valence-corrected chi connectivity index (χ2v) is 5.32. The van der Waals surface area contributed by atoms with E-state index in [1.165, 1.54) is 6.07 Å². The first-order chi connectivity index (χ1) is 11.1. The van der Waals surface area contributed by atoms with E-state index in [0.29, 0.717) is 5.56 Å². The summed E-state index contributed by atoms with van der Waals surface area (Å²) >= 11 is 0. The van der Waals surface area contributed by atoms with Crippen molar-refractivity contribution >= 4 is 0 Å². The van der Waals surface area contributed by atoms with Crippen LogP contribution in [0.4, 0.5) is 13.2 Å². The molecule has 0 nitrogen and oxygen atoms in total. The zero-order valence-electron chi connectivity index (χ0n) is 12.6. The van der Waals surface area contributed by atoms with Gasteiger partial charge in [-0.25, -0.2) is 13.2 Å². The maximum absolute atomic E-state index is 14.2. The summed E-state index contributed by atoms with van der Waals surface area (Å²) in [6.07, 6.45) is 0.884. The normalized spacial score (nSPS) is 10.8. The molecule has 0 saturated carbocycles. The Labute approximate surface area is 133 Å². The molecule has 0 fully saturated rings. The molecule has 0 amide bonds. The van der Waals surface area contributed by atoms with Crippen molar-refractivity contribution in [2.24, 2.45) is 0 Å². The lowest BCUT2D eigenvalue weighted by Gasteiger charge is -2.12. The van der Waals surface area contributed by atoms with Gasteiger partial charge in [0.2, 0.25) is 0 Å². The van der Waals surface area contributed by atoms with Crippen LogP contribution in [0.1, 0.15) is 12.5 Å². The summed E-state index contributed by atoms with van der Waals surface area (Å²) in [5.41, 5.74) is 3.46. The SMILES string of the molecule is CCc1cccc(-c2ccccc2-c2ccc(F)c(F)c2F)c1. The second-order valence-electron chi connectivity index (χ2n) is 5.32. The van der Waals surface area contributed by atoms with E-state index in [4.69, 9.17) is 0 Å². The van der Waals surface area contributed by atoms with E-state index in [1.807, 2.05) is 36.4 Å². The third-order valence-electron chi connectivity index (χ3n) is 3.90. The van der Waals surface area contributed by atoms with Crippen molar-refractivity contribution in [1.82, 2.24) is 0 Å². The van der Waals surface area contributed by atoms with Crippen LogP contribution >= 0.6 is 0 Å². The van der Waals surface area contributed by atoms with E-state index in [2.05, 4.69) is 6.92 Å². The quantitative estimate of drug-likeness (QED) is 0.520. The fraction of sp³-hybridized carbons (Fsp3) is 0.100. The molecule has 0 unspecified atom stereocenters. The lowest BCUT2D eigenvalue weighted by atomic mass is 9.93. The predicted molar refractivity (Wildman–Crippen MR) is 86.6 cm³/mol. The van der Waals surface area contributed by atoms with Crippen molar-refractivity contribution in [3.05, 3.63) is 83.7 Å². The largest absolute Gasteiger partial charge is 0.204 e. The molecule has 0 aromatic heterocycles. The van der Waals surface area contributed by atoms with Crippen molar-refractivity contribution in [3.63, 3.8) is 0 Å². The van der Waals surface area contributed by atoms with Gasteiger partial charge in [0, 0.05) is 5.56 Å². The minimum atomic E-state index is -1.44. The summed E-state index contributed by atoms with van der Waals surface area (Å²) in [6.45, 7) is 2.06. The molecule has 0 atom stereocenters. The molecule has 3 aromatic rings. The van der Waals surface area contributed by atoms with Gasteiger partial charge in [-0.15, -0.1) is 0 Å². The highest BCUT2D eigenvalue weighted by Crippen LogP contribution is 2.34. The van der Waals surface area contributed by atoms with Gasteiger partial charge >= 0.3 is 0 Å². The van der Waals surface area contributed by atoms with Crippen LogP contribution in [0.3, 0.4) is 0 Å². The van der Waals surface area contributed by atoms with E-state index in [0.717, 1.165) is 29.2 Å². The van der Waals surface area contributed by atoms with Gasteiger partial charge in [0.15, 0.2) is 17.5 Å². The molecule has 0 aliphatic heterocycles. The summed E-state index contributed by atoms with van der Waals surface area (Å²) in [4.78, 5) is 0. The van der Waals surface area contributed by atoms with Crippen LogP contribution < -0.4 is 0 Å². The lowest BCUT2D eigenvalue weighted by Crippen LogP contribution is -1.95. The summed E-state index contributed by atoms with van der Waals surface area (Å²) in [7, 11) is 0. The smallest absolute Gasteiger partial charge is 0.195 e. The number of halogens is 3. The Hall–Kier alpha value is -2.55. The zero-order chi connectivity index (χ0) is 16.4. The molecular formula is C20H15F3. The fourth-order valence-corrected chi connectivity index (χ4v) is 2.66. The highest BCUT2D eigenvalue weighted by Gasteiger charge is 2.17. The van der Waals surface area contributed by atoms with Crippen LogP contribution in [0.15, 0.2) is 60.7 Å². The number of benzene rings is 3. The average molecular weight is 312 g/mol. The number of hydrogen-bond acceptors (Lipinski definition) is 0. The Balaban J connectivity index is 2.21. The Morgan fingerprint density at radius 2 is 1.43 bits per heavy atom. The Bertz CT molecular complexity index is 853. The first-order valence-corrected chi connectivity index (χ1v) is 7.44. The van der Waals surface area contributed by atoms with E-state index in [-0.39, 0.29) is 5.56 Å². The van der Waals surface area contributed by atoms with Crippen molar-refractivity contribution < 1.29 is 13.2 Å². The molecule has 0 spiro atoms. The molecule has 3 aromatic carbocycles. The van der Waals surface area contributed by atoms with Gasteiger partial charge in [0.1, 0.15) is 0 Å². The highest BCUT2D eigenvalue weighted by atomic mass is 19.2. The molecule has 23 heavy (non-hydrogen) atoms. The van der Waals surface area contributed by atoms with Crippen molar-refractivity contribution in [2.45, 2.75) is 13.3 Å². The lowest BCUT2D eigenvalue weighted by molar-refractivity contribution is 0.449. The van der Waals surface area contributed by atoms with Crippen molar-refractivity contribution in [1.29, 1.82) is 0 Å². The predicted octanol–water partition coefficient (Wildman–Crippen LogP) is 6.00. The molecule has 3 heteroatoms. The van der Waals surface area contributed by atoms with E-state index >= 15 is 0 Å². The van der Waals surface area contributed by atoms with E-state index < -0.39 is 17.5 Å². The van der Waals surface area contributed by atoms with Gasteiger partial charge in [0.25, 0.3) is 0 Å². The van der Waals surface area contributed by atoms with Crippen LogP contribution in [0, 0.1) is 17.5 Å². The van der Waals surface area contributed by atoms with Gasteiger partial charge in [-0.1, -0.05) is 55.5 Å². The van der Waals surface area contributed by atoms with Gasteiger partial charge in [-0.2, -0.15) is 0 Å². The molecule has 116 valence electrons. The fourth-order valence-electron chi connectivity index (χ4n) is 2.66. The van der Waals surface area contributed by atoms with Gasteiger partial charge in [-0.05, 0) is 40.8 Å². The molecule has 0 N–H and O–H groups in total. The van der Waals surface area contributed by atoms with Crippen molar-refractivity contribution in [3.8, 4) is 22.3 Å². The molecule has 0 aliphatic carbocycles. The van der Waals surface area contributed by atoms with Crippen LogP contribution in [-0.4, -0.2) is 0 Å². The number of rotatable bonds is 3. The molecule has 0 heterocycles. The van der Waals surface area contributed by atoms with Crippen molar-refractivity contribution in [2.75, 3.05) is 0 Å². The molecule has 3 rings (SSSR count). The Morgan fingerprint density at radius 1 is 0.696 bits per heavy atom. The molecule has 0 radical (unpaired) electrons. The third kappa shape index (κ3) is 2.87. The molecule has 0 saturated heterocycles. The molecule has 0 aliphatic rings. The second kappa shape index (κ2) is 6.29. The maximum Gasteiger partial charge on any atom is 0.195 e. The molecule has 0 bridgehead atoms. The minimum Gasteiger partial charge on any atom is -0.204 e. The van der Waals surface area contributed by atoms with Gasteiger partial charge in [0.05, 0.1) is 0 Å². The Kier molecular flexibility index (Phi) is 4.20. The summed E-state index contributed by atoms with van der Waals surface area (Å²) in [6, 6.07) is 17.3. The van der Waals surface area contributed by atoms with Crippen LogP contribution in [0.2, 0.25) is 0 Å². The highest BCUT2D eigenvalue weighted by molar-refractivity contribution is 5.83. The van der Waals surface area contributed by atoms with Gasteiger partial charge < -0.3 is 0 Å². The maximum atomic E-state index is 14.2. The Morgan fingerprint density at radius 3 is 2.17 bits per heavy atom. The number of aryl methyl sites for hydroxylation is 1. The summed E-state index contributed by atoms with van der Waals surface area (Å²) in [5.74, 6) is -3.79. The van der Waals surface area contributed by atoms with Crippen LogP contribution in [0.25, 0.3) is 22.3 Å².